The quantitative estimate of drug-likeness (QED) is 0.439. The first-order chi connectivity index (χ1) is 17.6. The molecular formula is C28H31N3O5. The van der Waals surface area contributed by atoms with Crippen LogP contribution in [-0.4, -0.2) is 42.4 Å². The van der Waals surface area contributed by atoms with E-state index >= 15 is 0 Å². The van der Waals surface area contributed by atoms with Crippen molar-refractivity contribution in [1.29, 1.82) is 0 Å². The van der Waals surface area contributed by atoms with Crippen molar-refractivity contribution in [2.75, 3.05) is 6.54 Å². The molecule has 1 saturated heterocycles. The molecule has 1 aliphatic carbocycles. The van der Waals surface area contributed by atoms with Crippen molar-refractivity contribution >= 4 is 34.7 Å². The van der Waals surface area contributed by atoms with Gasteiger partial charge < -0.3 is 20.4 Å². The summed E-state index contributed by atoms with van der Waals surface area (Å²) in [5, 5.41) is 9.90. The third kappa shape index (κ3) is 6.24. The van der Waals surface area contributed by atoms with Gasteiger partial charge in [0.25, 0.3) is 5.91 Å². The zero-order valence-corrected chi connectivity index (χ0v) is 20.2. The highest BCUT2D eigenvalue weighted by atomic mass is 16.3. The van der Waals surface area contributed by atoms with E-state index in [2.05, 4.69) is 16.0 Å². The van der Waals surface area contributed by atoms with Crippen molar-refractivity contribution < 1.29 is 23.6 Å². The van der Waals surface area contributed by atoms with E-state index in [-0.39, 0.29) is 17.4 Å². The molecule has 0 spiro atoms. The summed E-state index contributed by atoms with van der Waals surface area (Å²) < 4.78 is 5.72. The number of benzene rings is 1. The van der Waals surface area contributed by atoms with Gasteiger partial charge in [0, 0.05) is 23.9 Å². The Hall–Kier alpha value is -3.82. The van der Waals surface area contributed by atoms with E-state index in [0.29, 0.717) is 36.6 Å². The minimum absolute atomic E-state index is 0.112. The van der Waals surface area contributed by atoms with Crippen LogP contribution in [0.25, 0.3) is 11.0 Å². The first kappa shape index (κ1) is 25.3. The number of rotatable bonds is 10. The average Bonchev–Trinajstić information content (AvgIpc) is 3.54. The van der Waals surface area contributed by atoms with Crippen LogP contribution >= 0.6 is 0 Å². The Labute approximate surface area is 209 Å². The third-order valence-electron chi connectivity index (χ3n) is 7.18. The van der Waals surface area contributed by atoms with Crippen LogP contribution in [-0.2, 0) is 14.4 Å². The minimum atomic E-state index is -0.628. The molecule has 1 aromatic carbocycles. The van der Waals surface area contributed by atoms with Gasteiger partial charge in [-0.3, -0.25) is 4.79 Å². The lowest BCUT2D eigenvalue weighted by atomic mass is 9.84. The van der Waals surface area contributed by atoms with Gasteiger partial charge in [-0.05, 0) is 37.3 Å². The summed E-state index contributed by atoms with van der Waals surface area (Å²) in [4.78, 5) is 47.8. The van der Waals surface area contributed by atoms with E-state index in [1.54, 1.807) is 18.1 Å². The molecule has 2 aliphatic rings. The Morgan fingerprint density at radius 1 is 1.08 bits per heavy atom. The molecule has 188 valence electrons. The number of hydrogen-bond donors (Lipinski definition) is 3. The maximum absolute atomic E-state index is 13.2. The smallest absolute Gasteiger partial charge is 0.287 e. The second kappa shape index (κ2) is 12.2. The third-order valence-corrected chi connectivity index (χ3v) is 7.18. The Bertz CT molecular complexity index is 1190. The summed E-state index contributed by atoms with van der Waals surface area (Å²) >= 11 is 0. The Balaban J connectivity index is 1.53. The van der Waals surface area contributed by atoms with E-state index in [4.69, 9.17) is 4.42 Å². The lowest BCUT2D eigenvalue weighted by Crippen LogP contribution is -2.44. The summed E-state index contributed by atoms with van der Waals surface area (Å²) in [5.41, 5.74) is 1.25. The van der Waals surface area contributed by atoms with Crippen LogP contribution in [0.2, 0.25) is 0 Å². The summed E-state index contributed by atoms with van der Waals surface area (Å²) in [6.07, 6.45) is 8.50. The molecule has 1 saturated carbocycles. The zero-order chi connectivity index (χ0) is 25.3. The van der Waals surface area contributed by atoms with Gasteiger partial charge in [-0.15, -0.1) is 0 Å². The number of carbonyl (C=O) groups excluding carboxylic acids is 4. The van der Waals surface area contributed by atoms with Crippen molar-refractivity contribution in [3.05, 3.63) is 53.6 Å². The van der Waals surface area contributed by atoms with Crippen LogP contribution in [0.4, 0.5) is 0 Å². The summed E-state index contributed by atoms with van der Waals surface area (Å²) in [5.74, 6) is 5.68. The van der Waals surface area contributed by atoms with Crippen LogP contribution in [0.3, 0.4) is 0 Å². The molecule has 36 heavy (non-hydrogen) atoms. The van der Waals surface area contributed by atoms with E-state index in [1.807, 2.05) is 30.1 Å². The van der Waals surface area contributed by atoms with E-state index in [1.165, 1.54) is 12.5 Å². The number of para-hydroxylation sites is 1. The number of fused-ring (bicyclic) bond motifs is 1. The summed E-state index contributed by atoms with van der Waals surface area (Å²) in [6, 6.07) is 7.86. The fourth-order valence-corrected chi connectivity index (χ4v) is 5.31. The van der Waals surface area contributed by atoms with Crippen molar-refractivity contribution in [3.63, 3.8) is 0 Å². The van der Waals surface area contributed by atoms with Crippen LogP contribution in [0, 0.1) is 11.8 Å². The monoisotopic (exact) mass is 489 g/mol. The van der Waals surface area contributed by atoms with Gasteiger partial charge in [0.15, 0.2) is 5.76 Å². The lowest BCUT2D eigenvalue weighted by Gasteiger charge is -2.29. The maximum Gasteiger partial charge on any atom is 0.287 e. The fourth-order valence-electron chi connectivity index (χ4n) is 5.31. The van der Waals surface area contributed by atoms with E-state index in [9.17, 15) is 19.2 Å². The van der Waals surface area contributed by atoms with Crippen LogP contribution in [0.15, 0.2) is 52.2 Å². The molecule has 8 heteroatoms. The molecule has 0 unspecified atom stereocenters. The summed E-state index contributed by atoms with van der Waals surface area (Å²) in [6.45, 7) is 0.654. The van der Waals surface area contributed by atoms with Crippen LogP contribution in [0.1, 0.15) is 61.9 Å². The van der Waals surface area contributed by atoms with Gasteiger partial charge in [-0.2, -0.15) is 0 Å². The molecule has 3 atom stereocenters. The first-order valence-corrected chi connectivity index (χ1v) is 12.6. The molecule has 8 nitrogen and oxygen atoms in total. The SMILES string of the molecule is O=C=C[C@H](C[C@@H]1CCNC1=C=O)NC(=C=O)[C@H](CC1CCCCC1)NC(=O)c1cc2ccccc2o1. The van der Waals surface area contributed by atoms with Crippen molar-refractivity contribution in [1.82, 2.24) is 16.0 Å². The molecule has 1 amide bonds. The Kier molecular flexibility index (Phi) is 8.59. The maximum atomic E-state index is 13.2. The standard InChI is InChI=1S/C28H31N3O5/c32-13-11-22(15-20-10-12-29-24(20)17-33)30-25(18-34)23(14-19-6-2-1-3-7-19)31-28(35)27-16-21-8-4-5-9-26(21)36-27/h4-5,8-9,11,16,19-20,22-23,29-30H,1-3,6-7,10,12,14-15H2,(H,31,35)/t20-,22+,23-/m0/s1. The van der Waals surface area contributed by atoms with Crippen molar-refractivity contribution in [2.24, 2.45) is 11.8 Å². The normalized spacial score (nSPS) is 19.3. The topological polar surface area (TPSA) is 118 Å². The highest BCUT2D eigenvalue weighted by molar-refractivity contribution is 5.96. The number of allylic oxidation sites excluding steroid dienone is 1. The molecule has 2 fully saturated rings. The van der Waals surface area contributed by atoms with Crippen LogP contribution in [0.5, 0.6) is 0 Å². The van der Waals surface area contributed by atoms with Gasteiger partial charge in [-0.25, -0.2) is 14.4 Å². The van der Waals surface area contributed by atoms with Gasteiger partial charge in [0.05, 0.1) is 17.8 Å². The molecule has 0 bridgehead atoms. The van der Waals surface area contributed by atoms with Gasteiger partial charge >= 0.3 is 0 Å². The van der Waals surface area contributed by atoms with Crippen molar-refractivity contribution in [2.45, 2.75) is 63.5 Å². The van der Waals surface area contributed by atoms with E-state index in [0.717, 1.165) is 37.5 Å². The molecule has 3 N–H and O–H groups in total. The minimum Gasteiger partial charge on any atom is -0.451 e. The number of carbonyl (C=O) groups is 1. The van der Waals surface area contributed by atoms with E-state index < -0.39 is 18.0 Å². The Morgan fingerprint density at radius 2 is 1.89 bits per heavy atom. The molecular weight excluding hydrogens is 458 g/mol. The Morgan fingerprint density at radius 3 is 2.61 bits per heavy atom. The highest BCUT2D eigenvalue weighted by Crippen LogP contribution is 2.29. The predicted octanol–water partition coefficient (Wildman–Crippen LogP) is 3.28. The highest BCUT2D eigenvalue weighted by Gasteiger charge is 2.29. The van der Waals surface area contributed by atoms with Gasteiger partial charge in [-0.1, -0.05) is 50.3 Å². The number of nitrogens with one attached hydrogen (secondary N) is 3. The van der Waals surface area contributed by atoms with Gasteiger partial charge in [0.2, 0.25) is 0 Å². The number of amides is 1. The number of furan rings is 1. The predicted molar refractivity (Wildman–Crippen MR) is 135 cm³/mol. The lowest BCUT2D eigenvalue weighted by molar-refractivity contribution is 0.0908. The number of hydrogen-bond acceptors (Lipinski definition) is 7. The molecule has 4 rings (SSSR count). The first-order valence-electron chi connectivity index (χ1n) is 12.6. The average molecular weight is 490 g/mol. The second-order valence-electron chi connectivity index (χ2n) is 9.63. The zero-order valence-electron chi connectivity index (χ0n) is 20.2. The van der Waals surface area contributed by atoms with Crippen molar-refractivity contribution in [3.8, 4) is 0 Å². The van der Waals surface area contributed by atoms with Crippen LogP contribution < -0.4 is 16.0 Å². The fraction of sp³-hybridized carbons (Fsp3) is 0.464. The second-order valence-corrected chi connectivity index (χ2v) is 9.63. The molecule has 0 radical (unpaired) electrons. The molecule has 2 heterocycles. The molecule has 1 aromatic heterocycles. The summed E-state index contributed by atoms with van der Waals surface area (Å²) in [7, 11) is 0. The molecule has 1 aliphatic heterocycles. The van der Waals surface area contributed by atoms with Gasteiger partial charge in [0.1, 0.15) is 29.1 Å². The molecule has 2 aromatic rings. The largest absolute Gasteiger partial charge is 0.451 e.